The van der Waals surface area contributed by atoms with Gasteiger partial charge in [0.2, 0.25) is 11.8 Å². The van der Waals surface area contributed by atoms with Crippen LogP contribution in [0.2, 0.25) is 0 Å². The number of piperidine rings is 1. The maximum atomic E-state index is 15.1. The summed E-state index contributed by atoms with van der Waals surface area (Å²) in [6, 6.07) is 22.0. The smallest absolute Gasteiger partial charge is 0.272 e. The number of halogens is 2. The Morgan fingerprint density at radius 3 is 2.27 bits per heavy atom. The highest BCUT2D eigenvalue weighted by molar-refractivity contribution is 6.29. The molecule has 0 radical (unpaired) electrons. The summed E-state index contributed by atoms with van der Waals surface area (Å²) in [6.45, 7) is 10.0. The van der Waals surface area contributed by atoms with Crippen molar-refractivity contribution < 1.29 is 18.8 Å². The maximum Gasteiger partial charge on any atom is 0.272 e. The van der Waals surface area contributed by atoms with E-state index in [1.165, 1.54) is 11.6 Å². The Morgan fingerprint density at radius 1 is 0.806 bits per heavy atom. The van der Waals surface area contributed by atoms with Crippen LogP contribution in [0.3, 0.4) is 0 Å². The number of H-pyrrole nitrogens is 1. The molecule has 3 aromatic carbocycles. The van der Waals surface area contributed by atoms with Gasteiger partial charge < -0.3 is 24.9 Å². The van der Waals surface area contributed by atoms with Crippen LogP contribution in [0.4, 0.5) is 15.9 Å². The zero-order chi connectivity index (χ0) is 43.2. The van der Waals surface area contributed by atoms with Crippen LogP contribution in [-0.2, 0) is 22.4 Å². The molecule has 0 unspecified atom stereocenters. The second kappa shape index (κ2) is 19.6. The number of aromatic nitrogens is 3. The molecule has 3 saturated heterocycles. The molecule has 0 aliphatic carbocycles. The molecule has 8 rings (SSSR count). The lowest BCUT2D eigenvalue weighted by atomic mass is 9.95. The van der Waals surface area contributed by atoms with E-state index in [-0.39, 0.29) is 28.8 Å². The van der Waals surface area contributed by atoms with Crippen LogP contribution in [0.25, 0.3) is 21.9 Å². The van der Waals surface area contributed by atoms with E-state index >= 15 is 4.39 Å². The fourth-order valence-corrected chi connectivity index (χ4v) is 8.97. The highest BCUT2D eigenvalue weighted by Crippen LogP contribution is 2.33. The molecule has 0 spiro atoms. The number of hydrogen-bond acceptors (Lipinski definition) is 9. The van der Waals surface area contributed by atoms with Gasteiger partial charge in [-0.3, -0.25) is 24.1 Å². The van der Waals surface area contributed by atoms with E-state index in [2.05, 4.69) is 55.3 Å². The molecule has 15 heteroatoms. The molecule has 2 aromatic heterocycles. The van der Waals surface area contributed by atoms with E-state index in [1.807, 2.05) is 35.4 Å². The molecule has 0 saturated carbocycles. The third-order valence-corrected chi connectivity index (χ3v) is 12.8. The third kappa shape index (κ3) is 9.98. The number of anilines is 2. The molecule has 13 nitrogen and oxygen atoms in total. The van der Waals surface area contributed by atoms with Crippen LogP contribution >= 0.6 is 11.6 Å². The van der Waals surface area contributed by atoms with Gasteiger partial charge in [0.15, 0.2) is 5.82 Å². The van der Waals surface area contributed by atoms with Crippen LogP contribution in [-0.4, -0.2) is 137 Å². The van der Waals surface area contributed by atoms with Crippen LogP contribution in [0, 0.1) is 11.7 Å². The average molecular weight is 862 g/mol. The van der Waals surface area contributed by atoms with Gasteiger partial charge in [-0.25, -0.2) is 14.5 Å². The molecule has 3 fully saturated rings. The summed E-state index contributed by atoms with van der Waals surface area (Å²) in [5.74, 6) is -0.0314. The van der Waals surface area contributed by atoms with Gasteiger partial charge in [0.25, 0.3) is 11.5 Å². The summed E-state index contributed by atoms with van der Waals surface area (Å²) < 4.78 is 15.1. The molecule has 5 heterocycles. The van der Waals surface area contributed by atoms with Gasteiger partial charge in [-0.1, -0.05) is 55.5 Å². The zero-order valence-electron chi connectivity index (χ0n) is 35.1. The number of aryl methyl sites for hydroxylation is 1. The minimum Gasteiger partial charge on any atom is -0.355 e. The number of fused-ring (bicyclic) bond motifs is 1. The van der Waals surface area contributed by atoms with Crippen LogP contribution < -0.4 is 15.8 Å². The first-order valence-electron chi connectivity index (χ1n) is 21.6. The predicted octanol–water partition coefficient (Wildman–Crippen LogP) is 5.27. The average Bonchev–Trinajstić information content (AvgIpc) is 3.31. The maximum absolute atomic E-state index is 15.1. The Labute approximate surface area is 365 Å². The van der Waals surface area contributed by atoms with E-state index < -0.39 is 11.7 Å². The molecule has 5 aromatic rings. The Morgan fingerprint density at radius 2 is 1.53 bits per heavy atom. The highest BCUT2D eigenvalue weighted by atomic mass is 35.5. The number of rotatable bonds is 12. The molecule has 324 valence electrons. The summed E-state index contributed by atoms with van der Waals surface area (Å²) in [7, 11) is 0. The quantitative estimate of drug-likeness (QED) is 0.161. The molecular formula is C47H53ClFN9O4. The minimum atomic E-state index is -0.600. The van der Waals surface area contributed by atoms with Gasteiger partial charge in [-0.2, -0.15) is 5.10 Å². The van der Waals surface area contributed by atoms with Gasteiger partial charge in [0, 0.05) is 95.6 Å². The van der Waals surface area contributed by atoms with Gasteiger partial charge in [0.05, 0.1) is 28.9 Å². The van der Waals surface area contributed by atoms with E-state index in [0.29, 0.717) is 72.8 Å². The van der Waals surface area contributed by atoms with E-state index in [9.17, 15) is 19.2 Å². The van der Waals surface area contributed by atoms with E-state index in [0.717, 1.165) is 82.0 Å². The normalized spacial score (nSPS) is 16.8. The summed E-state index contributed by atoms with van der Waals surface area (Å²) in [5.41, 5.74) is 4.97. The number of benzene rings is 3. The van der Waals surface area contributed by atoms with Crippen LogP contribution in [0.1, 0.15) is 46.9 Å². The molecule has 3 aliphatic rings. The molecule has 0 bridgehead atoms. The molecule has 2 N–H and O–H groups in total. The second-order valence-corrected chi connectivity index (χ2v) is 16.8. The zero-order valence-corrected chi connectivity index (χ0v) is 35.9. The summed E-state index contributed by atoms with van der Waals surface area (Å²) >= 11 is 5.89. The lowest BCUT2D eigenvalue weighted by Crippen LogP contribution is -2.55. The van der Waals surface area contributed by atoms with Crippen molar-refractivity contribution in [2.45, 2.75) is 32.6 Å². The lowest BCUT2D eigenvalue weighted by molar-refractivity contribution is -0.134. The number of alkyl halides is 1. The molecular weight excluding hydrogens is 809 g/mol. The van der Waals surface area contributed by atoms with Crippen molar-refractivity contribution in [1.82, 2.24) is 34.8 Å². The van der Waals surface area contributed by atoms with Crippen LogP contribution in [0.5, 0.6) is 0 Å². The van der Waals surface area contributed by atoms with E-state index in [4.69, 9.17) is 16.6 Å². The Bertz CT molecular complexity index is 2480. The number of piperazine rings is 2. The fourth-order valence-electron chi connectivity index (χ4n) is 8.90. The lowest BCUT2D eigenvalue weighted by Gasteiger charge is -2.40. The van der Waals surface area contributed by atoms with Gasteiger partial charge in [-0.15, -0.1) is 11.6 Å². The van der Waals surface area contributed by atoms with Crippen molar-refractivity contribution in [3.05, 3.63) is 118 Å². The Hall–Kier alpha value is -5.70. The third-order valence-electron chi connectivity index (χ3n) is 12.5. The fraction of sp³-hybridized carbons (Fsp3) is 0.404. The summed E-state index contributed by atoms with van der Waals surface area (Å²) in [4.78, 5) is 66.9. The number of nitrogens with one attached hydrogen (secondary N) is 2. The first-order chi connectivity index (χ1) is 30.1. The Balaban J connectivity index is 0.780. The van der Waals surface area contributed by atoms with Crippen molar-refractivity contribution in [3.63, 3.8) is 0 Å². The largest absolute Gasteiger partial charge is 0.355 e. The van der Waals surface area contributed by atoms with Gasteiger partial charge >= 0.3 is 0 Å². The molecule has 3 aliphatic heterocycles. The van der Waals surface area contributed by atoms with Crippen molar-refractivity contribution >= 4 is 51.6 Å². The summed E-state index contributed by atoms with van der Waals surface area (Å²) in [5, 5.41) is 11.0. The molecule has 0 atom stereocenters. The Kier molecular flexibility index (Phi) is 13.6. The molecule has 3 amide bonds. The van der Waals surface area contributed by atoms with Crippen molar-refractivity contribution in [2.75, 3.05) is 94.6 Å². The number of carbonyl (C=O) groups is 3. The van der Waals surface area contributed by atoms with Crippen molar-refractivity contribution in [1.29, 1.82) is 0 Å². The molecule has 62 heavy (non-hydrogen) atoms. The topological polar surface area (TPSA) is 138 Å². The SMILES string of the molecule is CCc1cccc(-c2cnc(N3CCC(CN4CCN(CC(=O)N5CCN(C(=O)c6cc(Cc7n[nH]c(=O)c8ccccc78)ccc6F)CC5)CC4)CC3)c(NC(=O)CCl)c2)c1. The first kappa shape index (κ1) is 43.0. The monoisotopic (exact) mass is 861 g/mol. The number of hydrogen-bond donors (Lipinski definition) is 2. The number of nitrogens with zero attached hydrogens (tertiary/aromatic N) is 7. The predicted molar refractivity (Wildman–Crippen MR) is 240 cm³/mol. The minimum absolute atomic E-state index is 0.0159. The number of amides is 3. The van der Waals surface area contributed by atoms with Crippen LogP contribution in [0.15, 0.2) is 83.8 Å². The van der Waals surface area contributed by atoms with Crippen molar-refractivity contribution in [3.8, 4) is 11.1 Å². The second-order valence-electron chi connectivity index (χ2n) is 16.5. The first-order valence-corrected chi connectivity index (χ1v) is 22.2. The standard InChI is InChI=1S/C47H53ClFN9O4/c1-2-32-6-5-7-35(24-32)36-27-42(51-43(59)28-48)45(50-29-36)57-14-12-33(13-15-57)30-54-16-18-55(19-17-54)31-44(60)56-20-22-58(23-21-56)47(62)39-25-34(10-11-40(39)49)26-41-37-8-3-4-9-38(37)46(61)53-52-41/h3-11,24-25,27,29,33H,2,12-23,26,28,30-31H2,1H3,(H,51,59)(H,53,61). The summed E-state index contributed by atoms with van der Waals surface area (Å²) in [6.07, 6.45) is 5.18. The van der Waals surface area contributed by atoms with Gasteiger partial charge in [0.1, 0.15) is 11.7 Å². The van der Waals surface area contributed by atoms with Gasteiger partial charge in [-0.05, 0) is 66.1 Å². The highest BCUT2D eigenvalue weighted by Gasteiger charge is 2.30. The van der Waals surface area contributed by atoms with E-state index in [1.54, 1.807) is 29.2 Å². The number of pyridine rings is 1. The van der Waals surface area contributed by atoms with Crippen molar-refractivity contribution in [2.24, 2.45) is 5.92 Å². The number of carbonyl (C=O) groups excluding carboxylic acids is 3. The number of aromatic amines is 1.